The van der Waals surface area contributed by atoms with Gasteiger partial charge in [-0.25, -0.2) is 4.98 Å². The summed E-state index contributed by atoms with van der Waals surface area (Å²) in [5.74, 6) is 0.876. The minimum absolute atomic E-state index is 0.0892. The van der Waals surface area contributed by atoms with E-state index in [9.17, 15) is 4.79 Å². The summed E-state index contributed by atoms with van der Waals surface area (Å²) >= 11 is 1.73. The molecule has 0 aliphatic heterocycles. The molecule has 5 heteroatoms. The average Bonchev–Trinajstić information content (AvgIpc) is 3.16. The van der Waals surface area contributed by atoms with E-state index in [2.05, 4.69) is 54.5 Å². The lowest BCUT2D eigenvalue weighted by atomic mass is 10.1. The van der Waals surface area contributed by atoms with Crippen LogP contribution < -0.4 is 5.32 Å². The monoisotopic (exact) mass is 379 g/mol. The summed E-state index contributed by atoms with van der Waals surface area (Å²) in [6.07, 6.45) is 6.05. The number of carbonyl (C=O) groups excluding carboxylic acids is 1. The smallest absolute Gasteiger partial charge is 0.221 e. The number of nitrogens with zero attached hydrogens (tertiary/aromatic N) is 2. The molecule has 0 bridgehead atoms. The molecule has 27 heavy (non-hydrogen) atoms. The van der Waals surface area contributed by atoms with Gasteiger partial charge in [-0.15, -0.1) is 11.8 Å². The summed E-state index contributed by atoms with van der Waals surface area (Å²) in [6.45, 7) is 5.58. The van der Waals surface area contributed by atoms with Gasteiger partial charge in [0.1, 0.15) is 0 Å². The summed E-state index contributed by atoms with van der Waals surface area (Å²) in [5.41, 5.74) is 4.90. The molecule has 2 aromatic carbocycles. The van der Waals surface area contributed by atoms with Gasteiger partial charge in [-0.2, -0.15) is 0 Å². The molecule has 1 heterocycles. The highest BCUT2D eigenvalue weighted by atomic mass is 32.2. The van der Waals surface area contributed by atoms with Gasteiger partial charge in [0.2, 0.25) is 5.91 Å². The second-order valence-electron chi connectivity index (χ2n) is 6.68. The molecule has 0 saturated carbocycles. The maximum atomic E-state index is 12.1. The van der Waals surface area contributed by atoms with Crippen LogP contribution in [0.4, 0.5) is 0 Å². The lowest BCUT2D eigenvalue weighted by Crippen LogP contribution is -2.23. The highest BCUT2D eigenvalue weighted by Crippen LogP contribution is 2.21. The van der Waals surface area contributed by atoms with Crippen LogP contribution in [0.5, 0.6) is 0 Å². The third kappa shape index (κ3) is 6.00. The first kappa shape index (κ1) is 19.2. The van der Waals surface area contributed by atoms with Crippen LogP contribution in [0.15, 0.2) is 66.1 Å². The largest absolute Gasteiger partial charge is 0.352 e. The predicted molar refractivity (Wildman–Crippen MR) is 111 cm³/mol. The van der Waals surface area contributed by atoms with Crippen molar-refractivity contribution in [1.29, 1.82) is 0 Å². The van der Waals surface area contributed by atoms with Gasteiger partial charge < -0.3 is 9.88 Å². The molecule has 3 rings (SSSR count). The summed E-state index contributed by atoms with van der Waals surface area (Å²) in [5, 5.41) is 3.02. The van der Waals surface area contributed by atoms with E-state index < -0.39 is 0 Å². The predicted octanol–water partition coefficient (Wildman–Crippen LogP) is 4.35. The highest BCUT2D eigenvalue weighted by molar-refractivity contribution is 7.99. The average molecular weight is 380 g/mol. The van der Waals surface area contributed by atoms with E-state index in [0.717, 1.165) is 17.9 Å². The zero-order valence-electron chi connectivity index (χ0n) is 15.8. The topological polar surface area (TPSA) is 46.9 Å². The molecule has 0 fully saturated rings. The first-order chi connectivity index (χ1) is 13.1. The van der Waals surface area contributed by atoms with Crippen molar-refractivity contribution in [2.75, 3.05) is 5.75 Å². The van der Waals surface area contributed by atoms with Crippen LogP contribution in [0.1, 0.15) is 28.7 Å². The second-order valence-corrected chi connectivity index (χ2v) is 7.84. The van der Waals surface area contributed by atoms with Crippen molar-refractivity contribution >= 4 is 17.7 Å². The number of imidazole rings is 1. The fourth-order valence-electron chi connectivity index (χ4n) is 2.78. The molecule has 1 amide bonds. The van der Waals surface area contributed by atoms with Crippen molar-refractivity contribution in [1.82, 2.24) is 14.9 Å². The number of carbonyl (C=O) groups is 1. The van der Waals surface area contributed by atoms with Gasteiger partial charge in [0.05, 0.1) is 6.33 Å². The quantitative estimate of drug-likeness (QED) is 0.592. The molecule has 0 radical (unpaired) electrons. The third-order valence-electron chi connectivity index (χ3n) is 4.48. The van der Waals surface area contributed by atoms with E-state index in [-0.39, 0.29) is 5.91 Å². The van der Waals surface area contributed by atoms with Crippen molar-refractivity contribution < 1.29 is 4.79 Å². The number of amides is 1. The highest BCUT2D eigenvalue weighted by Gasteiger charge is 2.04. The Labute approximate surface area is 165 Å². The normalized spacial score (nSPS) is 10.7. The van der Waals surface area contributed by atoms with Crippen molar-refractivity contribution in [3.63, 3.8) is 0 Å². The number of nitrogens with one attached hydrogen (secondary N) is 1. The zero-order valence-corrected chi connectivity index (χ0v) is 16.6. The molecule has 0 aliphatic carbocycles. The number of benzene rings is 2. The maximum absolute atomic E-state index is 12.1. The number of hydrogen-bond donors (Lipinski definition) is 1. The summed E-state index contributed by atoms with van der Waals surface area (Å²) < 4.78 is 2.03. The minimum Gasteiger partial charge on any atom is -0.352 e. The van der Waals surface area contributed by atoms with Crippen molar-refractivity contribution in [3.05, 3.63) is 83.4 Å². The Hall–Kier alpha value is -2.53. The molecule has 0 atom stereocenters. The number of aromatic nitrogens is 2. The van der Waals surface area contributed by atoms with Gasteiger partial charge >= 0.3 is 0 Å². The van der Waals surface area contributed by atoms with Gasteiger partial charge in [0.15, 0.2) is 0 Å². The Morgan fingerprint density at radius 1 is 1.11 bits per heavy atom. The van der Waals surface area contributed by atoms with Crippen LogP contribution in [0.2, 0.25) is 0 Å². The van der Waals surface area contributed by atoms with Gasteiger partial charge in [-0.1, -0.05) is 30.3 Å². The van der Waals surface area contributed by atoms with Crippen molar-refractivity contribution in [2.24, 2.45) is 0 Å². The van der Waals surface area contributed by atoms with Crippen molar-refractivity contribution in [3.8, 4) is 0 Å². The van der Waals surface area contributed by atoms with Crippen LogP contribution in [0.25, 0.3) is 0 Å². The number of hydrogen-bond acceptors (Lipinski definition) is 3. The summed E-state index contributed by atoms with van der Waals surface area (Å²) in [4.78, 5) is 17.4. The van der Waals surface area contributed by atoms with E-state index in [1.54, 1.807) is 18.0 Å². The number of aryl methyl sites for hydroxylation is 2. The molecule has 0 unspecified atom stereocenters. The Kier molecular flexibility index (Phi) is 6.71. The molecule has 4 nitrogen and oxygen atoms in total. The van der Waals surface area contributed by atoms with Crippen LogP contribution in [-0.2, 0) is 17.9 Å². The molecular formula is C22H25N3OS. The SMILES string of the molecule is Cc1ccc(SCCC(=O)NCc2cccc(Cn3ccnc3)c2)cc1C. The molecule has 1 aromatic heterocycles. The minimum atomic E-state index is 0.0892. The first-order valence-corrected chi connectivity index (χ1v) is 10.1. The Balaban J connectivity index is 1.43. The molecule has 0 aliphatic rings. The summed E-state index contributed by atoms with van der Waals surface area (Å²) in [7, 11) is 0. The number of thioether (sulfide) groups is 1. The standard InChI is InChI=1S/C22H25N3OS/c1-17-6-7-21(12-18(17)2)27-11-8-22(26)24-14-19-4-3-5-20(13-19)15-25-10-9-23-16-25/h3-7,9-10,12-13,16H,8,11,14-15H2,1-2H3,(H,24,26). The van der Waals surface area contributed by atoms with Crippen LogP contribution in [-0.4, -0.2) is 21.2 Å². The number of rotatable bonds is 8. The van der Waals surface area contributed by atoms with Crippen molar-refractivity contribution in [2.45, 2.75) is 38.3 Å². The van der Waals surface area contributed by atoms with Gasteiger partial charge in [0.25, 0.3) is 0 Å². The fourth-order valence-corrected chi connectivity index (χ4v) is 3.73. The second kappa shape index (κ2) is 9.42. The lowest BCUT2D eigenvalue weighted by molar-refractivity contribution is -0.120. The summed E-state index contributed by atoms with van der Waals surface area (Å²) in [6, 6.07) is 14.7. The maximum Gasteiger partial charge on any atom is 0.221 e. The van der Waals surface area contributed by atoms with Crippen LogP contribution in [0, 0.1) is 13.8 Å². The fraction of sp³-hybridized carbons (Fsp3) is 0.273. The Morgan fingerprint density at radius 3 is 2.74 bits per heavy atom. The molecule has 3 aromatic rings. The lowest BCUT2D eigenvalue weighted by Gasteiger charge is -2.08. The van der Waals surface area contributed by atoms with E-state index in [1.165, 1.54) is 21.6 Å². The molecule has 0 saturated heterocycles. The Morgan fingerprint density at radius 2 is 1.96 bits per heavy atom. The van der Waals surface area contributed by atoms with E-state index in [1.807, 2.05) is 29.2 Å². The first-order valence-electron chi connectivity index (χ1n) is 9.10. The molecule has 0 spiro atoms. The van der Waals surface area contributed by atoms with Crippen LogP contribution in [0.3, 0.4) is 0 Å². The molecule has 1 N–H and O–H groups in total. The van der Waals surface area contributed by atoms with E-state index in [4.69, 9.17) is 0 Å². The Bertz CT molecular complexity index is 890. The van der Waals surface area contributed by atoms with E-state index >= 15 is 0 Å². The van der Waals surface area contributed by atoms with Crippen LogP contribution >= 0.6 is 11.8 Å². The van der Waals surface area contributed by atoms with E-state index in [0.29, 0.717) is 13.0 Å². The van der Waals surface area contributed by atoms with Gasteiger partial charge in [-0.05, 0) is 48.2 Å². The molecular weight excluding hydrogens is 354 g/mol. The van der Waals surface area contributed by atoms with Gasteiger partial charge in [-0.3, -0.25) is 4.79 Å². The van der Waals surface area contributed by atoms with Gasteiger partial charge in [0, 0.05) is 42.6 Å². The third-order valence-corrected chi connectivity index (χ3v) is 5.48. The zero-order chi connectivity index (χ0) is 19.1. The molecule has 140 valence electrons.